The average Bonchev–Trinajstić information content (AvgIpc) is 2.97. The molecule has 1 aliphatic rings. The second-order valence-corrected chi connectivity index (χ2v) is 6.34. The van der Waals surface area contributed by atoms with Crippen LogP contribution in [0.5, 0.6) is 0 Å². The van der Waals surface area contributed by atoms with Crippen LogP contribution >= 0.6 is 22.9 Å². The van der Waals surface area contributed by atoms with Gasteiger partial charge in [-0.25, -0.2) is 4.98 Å². The van der Waals surface area contributed by atoms with Gasteiger partial charge in [0.25, 0.3) is 0 Å². The number of hydrogen-bond donors (Lipinski definition) is 0. The van der Waals surface area contributed by atoms with Gasteiger partial charge in [0.2, 0.25) is 0 Å². The second kappa shape index (κ2) is 6.05. The molecule has 0 unspecified atom stereocenters. The van der Waals surface area contributed by atoms with Crippen molar-refractivity contribution in [1.82, 2.24) is 4.98 Å². The molecule has 1 aromatic heterocycles. The summed E-state index contributed by atoms with van der Waals surface area (Å²) in [5, 5.41) is 3.26. The molecule has 17 heavy (non-hydrogen) atoms. The summed E-state index contributed by atoms with van der Waals surface area (Å²) >= 11 is 7.58. The predicted molar refractivity (Wildman–Crippen MR) is 76.1 cm³/mol. The number of alkyl halides is 1. The van der Waals surface area contributed by atoms with Crippen molar-refractivity contribution in [2.24, 2.45) is 5.92 Å². The maximum absolute atomic E-state index is 5.84. The van der Waals surface area contributed by atoms with Crippen molar-refractivity contribution in [3.8, 4) is 0 Å². The van der Waals surface area contributed by atoms with Crippen LogP contribution in [0.15, 0.2) is 5.38 Å². The topological polar surface area (TPSA) is 16.1 Å². The van der Waals surface area contributed by atoms with Gasteiger partial charge in [-0.2, -0.15) is 0 Å². The number of nitrogens with zero attached hydrogens (tertiary/aromatic N) is 2. The van der Waals surface area contributed by atoms with E-state index in [4.69, 9.17) is 11.6 Å². The van der Waals surface area contributed by atoms with Crippen molar-refractivity contribution in [1.29, 1.82) is 0 Å². The van der Waals surface area contributed by atoms with Gasteiger partial charge in [-0.05, 0) is 18.8 Å². The number of thiazole rings is 1. The van der Waals surface area contributed by atoms with E-state index >= 15 is 0 Å². The van der Waals surface area contributed by atoms with Crippen molar-refractivity contribution in [3.05, 3.63) is 11.1 Å². The molecule has 2 rings (SSSR count). The van der Waals surface area contributed by atoms with Gasteiger partial charge in [0, 0.05) is 18.0 Å². The summed E-state index contributed by atoms with van der Waals surface area (Å²) in [4.78, 5) is 7.15. The molecule has 1 aliphatic carbocycles. The monoisotopic (exact) mass is 272 g/mol. The first-order valence-electron chi connectivity index (χ1n) is 6.47. The number of halogens is 1. The van der Waals surface area contributed by atoms with Crippen LogP contribution in [0, 0.1) is 5.92 Å². The molecule has 0 aromatic carbocycles. The third-order valence-electron chi connectivity index (χ3n) is 3.25. The number of aromatic nitrogens is 1. The number of rotatable bonds is 5. The van der Waals surface area contributed by atoms with E-state index in [2.05, 4.69) is 29.1 Å². The Bertz CT molecular complexity index is 345. The van der Waals surface area contributed by atoms with Gasteiger partial charge in [0.1, 0.15) is 0 Å². The highest BCUT2D eigenvalue weighted by atomic mass is 35.5. The van der Waals surface area contributed by atoms with E-state index in [1.165, 1.54) is 30.8 Å². The summed E-state index contributed by atoms with van der Waals surface area (Å²) in [6.07, 6.45) is 5.38. The molecule has 1 heterocycles. The lowest BCUT2D eigenvalue weighted by atomic mass is 10.1. The first kappa shape index (κ1) is 13.2. The van der Waals surface area contributed by atoms with E-state index in [9.17, 15) is 0 Å². The summed E-state index contributed by atoms with van der Waals surface area (Å²) in [5.74, 6) is 1.20. The Labute approximate surface area is 113 Å². The molecule has 0 atom stereocenters. The van der Waals surface area contributed by atoms with Gasteiger partial charge in [-0.1, -0.05) is 26.7 Å². The molecule has 0 amide bonds. The Morgan fingerprint density at radius 2 is 2.18 bits per heavy atom. The first-order valence-corrected chi connectivity index (χ1v) is 7.89. The number of hydrogen-bond acceptors (Lipinski definition) is 3. The Balaban J connectivity index is 2.13. The molecular weight excluding hydrogens is 252 g/mol. The zero-order valence-corrected chi connectivity index (χ0v) is 12.2. The van der Waals surface area contributed by atoms with Crippen LogP contribution in [0.25, 0.3) is 0 Å². The number of anilines is 1. The molecule has 0 spiro atoms. The van der Waals surface area contributed by atoms with Gasteiger partial charge >= 0.3 is 0 Å². The predicted octanol–water partition coefficient (Wildman–Crippen LogP) is 4.29. The fourth-order valence-electron chi connectivity index (χ4n) is 2.48. The Hall–Kier alpha value is -0.280. The SMILES string of the molecule is CC(C)CN(c1nc(CCl)cs1)C1CCCC1. The van der Waals surface area contributed by atoms with Crippen LogP contribution in [0.2, 0.25) is 0 Å². The standard InChI is InChI=1S/C13H21ClN2S/c1-10(2)8-16(12-5-3-4-6-12)13-15-11(7-14)9-17-13/h9-10,12H,3-8H2,1-2H3. The molecule has 96 valence electrons. The normalized spacial score (nSPS) is 16.9. The Morgan fingerprint density at radius 1 is 1.47 bits per heavy atom. The molecule has 0 N–H and O–H groups in total. The minimum atomic E-state index is 0.524. The van der Waals surface area contributed by atoms with Gasteiger partial charge in [0.15, 0.2) is 5.13 Å². The quantitative estimate of drug-likeness (QED) is 0.744. The second-order valence-electron chi connectivity index (χ2n) is 5.24. The Morgan fingerprint density at radius 3 is 2.71 bits per heavy atom. The van der Waals surface area contributed by atoms with E-state index in [0.717, 1.165) is 12.2 Å². The van der Waals surface area contributed by atoms with Crippen LogP contribution in [-0.2, 0) is 5.88 Å². The third kappa shape index (κ3) is 3.35. The summed E-state index contributed by atoms with van der Waals surface area (Å²) in [5.41, 5.74) is 1.01. The molecule has 1 saturated carbocycles. The lowest BCUT2D eigenvalue weighted by Gasteiger charge is -2.30. The molecule has 0 aliphatic heterocycles. The maximum Gasteiger partial charge on any atom is 0.185 e. The summed E-state index contributed by atoms with van der Waals surface area (Å²) < 4.78 is 0. The highest BCUT2D eigenvalue weighted by Gasteiger charge is 2.25. The highest BCUT2D eigenvalue weighted by Crippen LogP contribution is 2.31. The molecule has 4 heteroatoms. The fourth-order valence-corrected chi connectivity index (χ4v) is 3.62. The van der Waals surface area contributed by atoms with E-state index in [0.29, 0.717) is 17.8 Å². The maximum atomic E-state index is 5.84. The van der Waals surface area contributed by atoms with Crippen molar-refractivity contribution in [2.75, 3.05) is 11.4 Å². The van der Waals surface area contributed by atoms with E-state index in [1.54, 1.807) is 11.3 Å². The largest absolute Gasteiger partial charge is 0.345 e. The fraction of sp³-hybridized carbons (Fsp3) is 0.769. The van der Waals surface area contributed by atoms with Crippen LogP contribution in [0.3, 0.4) is 0 Å². The highest BCUT2D eigenvalue weighted by molar-refractivity contribution is 7.13. The van der Waals surface area contributed by atoms with Crippen LogP contribution in [-0.4, -0.2) is 17.6 Å². The minimum Gasteiger partial charge on any atom is -0.345 e. The first-order chi connectivity index (χ1) is 8.20. The minimum absolute atomic E-state index is 0.524. The van der Waals surface area contributed by atoms with Gasteiger partial charge < -0.3 is 4.90 Å². The van der Waals surface area contributed by atoms with Gasteiger partial charge in [-0.15, -0.1) is 22.9 Å². The van der Waals surface area contributed by atoms with Crippen LogP contribution < -0.4 is 4.90 Å². The average molecular weight is 273 g/mol. The van der Waals surface area contributed by atoms with Crippen LogP contribution in [0.1, 0.15) is 45.2 Å². The smallest absolute Gasteiger partial charge is 0.185 e. The summed E-state index contributed by atoms with van der Waals surface area (Å²) in [7, 11) is 0. The lowest BCUT2D eigenvalue weighted by molar-refractivity contribution is 0.534. The van der Waals surface area contributed by atoms with Crippen molar-refractivity contribution >= 4 is 28.1 Å². The van der Waals surface area contributed by atoms with Crippen LogP contribution in [0.4, 0.5) is 5.13 Å². The van der Waals surface area contributed by atoms with E-state index in [-0.39, 0.29) is 0 Å². The van der Waals surface area contributed by atoms with Gasteiger partial charge in [0.05, 0.1) is 11.6 Å². The molecule has 1 aromatic rings. The molecular formula is C13H21ClN2S. The molecule has 0 saturated heterocycles. The van der Waals surface area contributed by atoms with Crippen molar-refractivity contribution in [3.63, 3.8) is 0 Å². The Kier molecular flexibility index (Phi) is 4.69. The molecule has 2 nitrogen and oxygen atoms in total. The third-order valence-corrected chi connectivity index (χ3v) is 4.45. The summed E-state index contributed by atoms with van der Waals surface area (Å²) in [6, 6.07) is 0.701. The zero-order valence-electron chi connectivity index (χ0n) is 10.7. The van der Waals surface area contributed by atoms with Crippen molar-refractivity contribution < 1.29 is 0 Å². The molecule has 0 bridgehead atoms. The summed E-state index contributed by atoms with van der Waals surface area (Å²) in [6.45, 7) is 5.66. The molecule has 1 fully saturated rings. The van der Waals surface area contributed by atoms with E-state index < -0.39 is 0 Å². The van der Waals surface area contributed by atoms with Gasteiger partial charge in [-0.3, -0.25) is 0 Å². The molecule has 0 radical (unpaired) electrons. The zero-order chi connectivity index (χ0) is 12.3. The van der Waals surface area contributed by atoms with E-state index in [1.807, 2.05) is 0 Å². The van der Waals surface area contributed by atoms with Crippen molar-refractivity contribution in [2.45, 2.75) is 51.5 Å². The lowest BCUT2D eigenvalue weighted by Crippen LogP contribution is -2.36.